The lowest BCUT2D eigenvalue weighted by Crippen LogP contribution is -2.24. The Balaban J connectivity index is 2.09. The van der Waals surface area contributed by atoms with Gasteiger partial charge in [0.25, 0.3) is 5.91 Å². The number of benzene rings is 1. The highest BCUT2D eigenvalue weighted by Crippen LogP contribution is 2.17. The first kappa shape index (κ1) is 14.1. The number of anilines is 1. The zero-order valence-electron chi connectivity index (χ0n) is 12.1. The summed E-state index contributed by atoms with van der Waals surface area (Å²) in [4.78, 5) is 12.3. The van der Waals surface area contributed by atoms with Crippen molar-refractivity contribution >= 4 is 11.6 Å². The van der Waals surface area contributed by atoms with E-state index in [0.29, 0.717) is 12.1 Å². The summed E-state index contributed by atoms with van der Waals surface area (Å²) in [5, 5.41) is 10.2. The normalized spacial score (nSPS) is 10.3. The molecule has 1 amide bonds. The zero-order valence-corrected chi connectivity index (χ0v) is 12.1. The number of carbonyl (C=O) groups is 1. The lowest BCUT2D eigenvalue weighted by Gasteiger charge is -2.11. The highest BCUT2D eigenvalue weighted by atomic mass is 16.1. The molecule has 5 nitrogen and oxygen atoms in total. The van der Waals surface area contributed by atoms with E-state index in [0.717, 1.165) is 23.4 Å². The molecule has 0 bridgehead atoms. The molecule has 2 rings (SSSR count). The van der Waals surface area contributed by atoms with E-state index in [-0.39, 0.29) is 5.91 Å². The van der Waals surface area contributed by atoms with Crippen molar-refractivity contribution in [2.45, 2.75) is 20.4 Å². The van der Waals surface area contributed by atoms with Crippen LogP contribution in [0.3, 0.4) is 0 Å². The number of aromatic nitrogens is 2. The van der Waals surface area contributed by atoms with E-state index in [1.54, 1.807) is 10.9 Å². The van der Waals surface area contributed by atoms with Crippen LogP contribution in [-0.2, 0) is 13.6 Å². The number of nitrogens with one attached hydrogen (secondary N) is 2. The summed E-state index contributed by atoms with van der Waals surface area (Å²) < 4.78 is 1.72. The van der Waals surface area contributed by atoms with Crippen molar-refractivity contribution in [1.29, 1.82) is 0 Å². The first-order valence-corrected chi connectivity index (χ1v) is 6.70. The third-order valence-electron chi connectivity index (χ3n) is 3.00. The van der Waals surface area contributed by atoms with E-state index in [1.165, 1.54) is 0 Å². The molecule has 1 aromatic carbocycles. The molecule has 5 heteroatoms. The topological polar surface area (TPSA) is 59.0 Å². The zero-order chi connectivity index (χ0) is 14.5. The number of rotatable bonds is 5. The molecule has 0 fully saturated rings. The Morgan fingerprint density at radius 2 is 2.20 bits per heavy atom. The maximum absolute atomic E-state index is 12.3. The highest BCUT2D eigenvalue weighted by molar-refractivity contribution is 5.99. The Kier molecular flexibility index (Phi) is 4.40. The van der Waals surface area contributed by atoms with Crippen LogP contribution in [-0.4, -0.2) is 22.2 Å². The maximum Gasteiger partial charge on any atom is 0.253 e. The van der Waals surface area contributed by atoms with Crippen molar-refractivity contribution in [3.63, 3.8) is 0 Å². The van der Waals surface area contributed by atoms with Gasteiger partial charge in [0.1, 0.15) is 0 Å². The minimum absolute atomic E-state index is 0.0755. The van der Waals surface area contributed by atoms with Gasteiger partial charge in [-0.15, -0.1) is 0 Å². The predicted molar refractivity (Wildman–Crippen MR) is 79.7 cm³/mol. The van der Waals surface area contributed by atoms with Gasteiger partial charge in [-0.3, -0.25) is 9.48 Å². The van der Waals surface area contributed by atoms with Crippen molar-refractivity contribution in [1.82, 2.24) is 15.1 Å². The van der Waals surface area contributed by atoms with Gasteiger partial charge in [0.05, 0.1) is 11.8 Å². The fourth-order valence-electron chi connectivity index (χ4n) is 2.03. The van der Waals surface area contributed by atoms with Gasteiger partial charge in [0.15, 0.2) is 0 Å². The summed E-state index contributed by atoms with van der Waals surface area (Å²) in [7, 11) is 1.86. The van der Waals surface area contributed by atoms with Crippen molar-refractivity contribution in [3.05, 3.63) is 47.3 Å². The summed E-state index contributed by atoms with van der Waals surface area (Å²) in [5.41, 5.74) is 3.59. The second-order valence-electron chi connectivity index (χ2n) is 4.78. The number of amides is 1. The Bertz CT molecular complexity index is 604. The highest BCUT2D eigenvalue weighted by Gasteiger charge is 2.11. The lowest BCUT2D eigenvalue weighted by atomic mass is 10.1. The smallest absolute Gasteiger partial charge is 0.253 e. The molecule has 0 saturated heterocycles. The van der Waals surface area contributed by atoms with Crippen LogP contribution < -0.4 is 10.6 Å². The summed E-state index contributed by atoms with van der Waals surface area (Å²) >= 11 is 0. The third kappa shape index (κ3) is 3.38. The first-order valence-electron chi connectivity index (χ1n) is 6.70. The quantitative estimate of drug-likeness (QED) is 0.876. The van der Waals surface area contributed by atoms with E-state index >= 15 is 0 Å². The molecule has 0 aliphatic carbocycles. The number of hydrogen-bond acceptors (Lipinski definition) is 3. The Morgan fingerprint density at radius 3 is 2.85 bits per heavy atom. The molecule has 0 spiro atoms. The Hall–Kier alpha value is -2.30. The Morgan fingerprint density at radius 1 is 1.40 bits per heavy atom. The van der Waals surface area contributed by atoms with Crippen LogP contribution in [0.15, 0.2) is 30.6 Å². The van der Waals surface area contributed by atoms with Crippen LogP contribution in [0.5, 0.6) is 0 Å². The van der Waals surface area contributed by atoms with E-state index in [4.69, 9.17) is 0 Å². The monoisotopic (exact) mass is 272 g/mol. The number of hydrogen-bond donors (Lipinski definition) is 2. The molecule has 2 aromatic rings. The fraction of sp³-hybridized carbons (Fsp3) is 0.333. The lowest BCUT2D eigenvalue weighted by molar-refractivity contribution is 0.0951. The average Bonchev–Trinajstić information content (AvgIpc) is 2.84. The van der Waals surface area contributed by atoms with E-state index in [9.17, 15) is 4.79 Å². The van der Waals surface area contributed by atoms with Gasteiger partial charge in [0, 0.05) is 37.6 Å². The maximum atomic E-state index is 12.3. The summed E-state index contributed by atoms with van der Waals surface area (Å²) in [5.74, 6) is -0.0755. The molecule has 0 saturated carbocycles. The molecular weight excluding hydrogens is 252 g/mol. The van der Waals surface area contributed by atoms with Crippen LogP contribution in [0, 0.1) is 6.92 Å². The summed E-state index contributed by atoms with van der Waals surface area (Å²) in [6, 6.07) is 5.84. The van der Waals surface area contributed by atoms with E-state index in [1.807, 2.05) is 45.3 Å². The summed E-state index contributed by atoms with van der Waals surface area (Å²) in [6.07, 6.45) is 3.64. The standard InChI is InChI=1S/C15H20N4O/c1-4-16-14-6-5-11(2)7-13(14)15(20)17-8-12-9-18-19(3)10-12/h5-7,9-10,16H,4,8H2,1-3H3,(H,17,20). The van der Waals surface area contributed by atoms with Crippen molar-refractivity contribution in [3.8, 4) is 0 Å². The minimum atomic E-state index is -0.0755. The molecule has 106 valence electrons. The van der Waals surface area contributed by atoms with Crippen molar-refractivity contribution < 1.29 is 4.79 Å². The SMILES string of the molecule is CCNc1ccc(C)cc1C(=O)NCc1cnn(C)c1. The molecule has 0 aliphatic rings. The minimum Gasteiger partial charge on any atom is -0.385 e. The van der Waals surface area contributed by atoms with Gasteiger partial charge in [-0.2, -0.15) is 5.10 Å². The molecule has 20 heavy (non-hydrogen) atoms. The van der Waals surface area contributed by atoms with Crippen LogP contribution >= 0.6 is 0 Å². The average molecular weight is 272 g/mol. The number of carbonyl (C=O) groups excluding carboxylic acids is 1. The van der Waals surface area contributed by atoms with Crippen LogP contribution in [0.4, 0.5) is 5.69 Å². The second-order valence-corrected chi connectivity index (χ2v) is 4.78. The molecule has 0 unspecified atom stereocenters. The molecule has 1 heterocycles. The van der Waals surface area contributed by atoms with Crippen LogP contribution in [0.2, 0.25) is 0 Å². The molecule has 2 N–H and O–H groups in total. The van der Waals surface area contributed by atoms with E-state index in [2.05, 4.69) is 15.7 Å². The molecule has 0 aliphatic heterocycles. The predicted octanol–water partition coefficient (Wildman–Crippen LogP) is 2.09. The molecule has 0 atom stereocenters. The van der Waals surface area contributed by atoms with Crippen LogP contribution in [0.25, 0.3) is 0 Å². The van der Waals surface area contributed by atoms with Gasteiger partial charge in [-0.1, -0.05) is 11.6 Å². The van der Waals surface area contributed by atoms with E-state index < -0.39 is 0 Å². The molecule has 0 radical (unpaired) electrons. The van der Waals surface area contributed by atoms with Gasteiger partial charge >= 0.3 is 0 Å². The third-order valence-corrected chi connectivity index (χ3v) is 3.00. The largest absolute Gasteiger partial charge is 0.385 e. The second kappa shape index (κ2) is 6.23. The summed E-state index contributed by atoms with van der Waals surface area (Å²) in [6.45, 7) is 5.25. The molecular formula is C15H20N4O. The van der Waals surface area contributed by atoms with Gasteiger partial charge in [-0.25, -0.2) is 0 Å². The first-order chi connectivity index (χ1) is 9.60. The van der Waals surface area contributed by atoms with Gasteiger partial charge in [0.2, 0.25) is 0 Å². The van der Waals surface area contributed by atoms with Crippen molar-refractivity contribution in [2.75, 3.05) is 11.9 Å². The van der Waals surface area contributed by atoms with Gasteiger partial charge < -0.3 is 10.6 Å². The van der Waals surface area contributed by atoms with Gasteiger partial charge in [-0.05, 0) is 26.0 Å². The Labute approximate surface area is 119 Å². The fourth-order valence-corrected chi connectivity index (χ4v) is 2.03. The number of nitrogens with zero attached hydrogens (tertiary/aromatic N) is 2. The number of aryl methyl sites for hydroxylation is 2. The van der Waals surface area contributed by atoms with Crippen LogP contribution in [0.1, 0.15) is 28.4 Å². The van der Waals surface area contributed by atoms with Crippen molar-refractivity contribution in [2.24, 2.45) is 7.05 Å². The molecule has 1 aromatic heterocycles.